The lowest BCUT2D eigenvalue weighted by Crippen LogP contribution is -2.46. The highest BCUT2D eigenvalue weighted by molar-refractivity contribution is 5.51. The maximum atomic E-state index is 13.2. The first-order valence-electron chi connectivity index (χ1n) is 9.55. The number of hydrogen-bond acceptors (Lipinski definition) is 4. The van der Waals surface area contributed by atoms with Crippen LogP contribution in [0.15, 0.2) is 54.7 Å². The molecule has 0 bridgehead atoms. The van der Waals surface area contributed by atoms with Crippen LogP contribution in [0.2, 0.25) is 0 Å². The Morgan fingerprint density at radius 2 is 1.75 bits per heavy atom. The maximum Gasteiger partial charge on any atom is 0.123 e. The predicted octanol–water partition coefficient (Wildman–Crippen LogP) is 3.65. The molecule has 1 saturated heterocycles. The highest BCUT2D eigenvalue weighted by atomic mass is 19.1. The summed E-state index contributed by atoms with van der Waals surface area (Å²) in [6.07, 6.45) is 1.92. The molecule has 0 unspecified atom stereocenters. The summed E-state index contributed by atoms with van der Waals surface area (Å²) in [5, 5.41) is 4.51. The third-order valence-electron chi connectivity index (χ3n) is 5.37. The minimum Gasteiger partial charge on any atom is -0.497 e. The molecule has 0 radical (unpaired) electrons. The fraction of sp³-hybridized carbons (Fsp3) is 0.318. The van der Waals surface area contributed by atoms with Crippen molar-refractivity contribution in [2.24, 2.45) is 0 Å². The summed E-state index contributed by atoms with van der Waals surface area (Å²) in [6.45, 7) is 6.91. The monoisotopic (exact) mass is 380 g/mol. The van der Waals surface area contributed by atoms with Crippen molar-refractivity contribution in [3.05, 3.63) is 71.8 Å². The lowest BCUT2D eigenvalue weighted by atomic mass is 10.2. The zero-order valence-corrected chi connectivity index (χ0v) is 16.3. The summed E-state index contributed by atoms with van der Waals surface area (Å²) >= 11 is 0. The minimum atomic E-state index is -0.234. The molecule has 0 spiro atoms. The summed E-state index contributed by atoms with van der Waals surface area (Å²) < 4.78 is 20.4. The zero-order valence-electron chi connectivity index (χ0n) is 16.3. The Kier molecular flexibility index (Phi) is 5.30. The quantitative estimate of drug-likeness (QED) is 0.677. The number of hydrogen-bond donors (Lipinski definition) is 0. The molecular formula is C22H25FN4O. The number of aromatic nitrogens is 2. The van der Waals surface area contributed by atoms with Crippen LogP contribution in [-0.2, 0) is 6.54 Å². The Labute approximate surface area is 165 Å². The van der Waals surface area contributed by atoms with Gasteiger partial charge in [0, 0.05) is 55.7 Å². The van der Waals surface area contributed by atoms with E-state index in [1.807, 2.05) is 23.0 Å². The van der Waals surface area contributed by atoms with Gasteiger partial charge in [0.15, 0.2) is 0 Å². The van der Waals surface area contributed by atoms with Crippen molar-refractivity contribution < 1.29 is 9.13 Å². The summed E-state index contributed by atoms with van der Waals surface area (Å²) in [7, 11) is 1.70. The largest absolute Gasteiger partial charge is 0.497 e. The second-order valence-electron chi connectivity index (χ2n) is 7.11. The van der Waals surface area contributed by atoms with Gasteiger partial charge in [0.25, 0.3) is 0 Å². The van der Waals surface area contributed by atoms with Crippen molar-refractivity contribution >= 4 is 5.69 Å². The molecule has 1 aliphatic rings. The van der Waals surface area contributed by atoms with Gasteiger partial charge < -0.3 is 9.64 Å². The van der Waals surface area contributed by atoms with Crippen molar-refractivity contribution in [2.75, 3.05) is 38.2 Å². The minimum absolute atomic E-state index is 0.234. The Morgan fingerprint density at radius 1 is 1.00 bits per heavy atom. The van der Waals surface area contributed by atoms with Gasteiger partial charge in [0.1, 0.15) is 11.6 Å². The van der Waals surface area contributed by atoms with E-state index in [1.165, 1.54) is 23.4 Å². The summed E-state index contributed by atoms with van der Waals surface area (Å²) in [6, 6.07) is 14.7. The van der Waals surface area contributed by atoms with Gasteiger partial charge in [0.2, 0.25) is 0 Å². The Balaban J connectivity index is 1.39. The van der Waals surface area contributed by atoms with Crippen LogP contribution in [0.4, 0.5) is 10.1 Å². The Bertz CT molecular complexity index is 930. The van der Waals surface area contributed by atoms with E-state index < -0.39 is 0 Å². The molecule has 0 aliphatic carbocycles. The van der Waals surface area contributed by atoms with Gasteiger partial charge in [0.05, 0.1) is 19.0 Å². The summed E-state index contributed by atoms with van der Waals surface area (Å²) in [5.41, 5.74) is 4.40. The first-order valence-corrected chi connectivity index (χ1v) is 9.55. The van der Waals surface area contributed by atoms with Gasteiger partial charge in [-0.15, -0.1) is 0 Å². The standard InChI is InChI=1S/C22H25FN4O/c1-17-18(15-24-27(17)20-8-6-19(23)7-9-20)16-25-10-12-26(13-11-25)21-4-3-5-22(14-21)28-2/h3-9,14-15H,10-13,16H2,1-2H3. The molecule has 2 aromatic carbocycles. The number of methoxy groups -OCH3 is 1. The molecule has 1 aliphatic heterocycles. The molecule has 28 heavy (non-hydrogen) atoms. The van der Waals surface area contributed by atoms with E-state index in [9.17, 15) is 4.39 Å². The molecule has 146 valence electrons. The van der Waals surface area contributed by atoms with E-state index in [2.05, 4.69) is 34.0 Å². The van der Waals surface area contributed by atoms with Crippen LogP contribution in [0.3, 0.4) is 0 Å². The van der Waals surface area contributed by atoms with Gasteiger partial charge in [-0.3, -0.25) is 4.90 Å². The lowest BCUT2D eigenvalue weighted by molar-refractivity contribution is 0.249. The topological polar surface area (TPSA) is 33.5 Å². The van der Waals surface area contributed by atoms with E-state index in [4.69, 9.17) is 4.74 Å². The fourth-order valence-corrected chi connectivity index (χ4v) is 3.65. The summed E-state index contributed by atoms with van der Waals surface area (Å²) in [4.78, 5) is 4.85. The van der Waals surface area contributed by atoms with Crippen LogP contribution in [-0.4, -0.2) is 48.0 Å². The van der Waals surface area contributed by atoms with Gasteiger partial charge >= 0.3 is 0 Å². The van der Waals surface area contributed by atoms with Crippen molar-refractivity contribution in [1.29, 1.82) is 0 Å². The van der Waals surface area contributed by atoms with Crippen LogP contribution in [0, 0.1) is 12.7 Å². The number of benzene rings is 2. The number of halogens is 1. The van der Waals surface area contributed by atoms with E-state index in [0.29, 0.717) is 0 Å². The average molecular weight is 380 g/mol. The molecule has 2 heterocycles. The van der Waals surface area contributed by atoms with Crippen molar-refractivity contribution in [1.82, 2.24) is 14.7 Å². The predicted molar refractivity (Wildman–Crippen MR) is 109 cm³/mol. The highest BCUT2D eigenvalue weighted by Crippen LogP contribution is 2.23. The third kappa shape index (κ3) is 3.87. The Hall–Kier alpha value is -2.86. The molecule has 0 amide bonds. The van der Waals surface area contributed by atoms with Gasteiger partial charge in [-0.25, -0.2) is 9.07 Å². The molecule has 0 N–H and O–H groups in total. The first-order chi connectivity index (χ1) is 13.6. The van der Waals surface area contributed by atoms with Crippen LogP contribution in [0.1, 0.15) is 11.3 Å². The van der Waals surface area contributed by atoms with Crippen molar-refractivity contribution in [3.63, 3.8) is 0 Å². The van der Waals surface area contributed by atoms with E-state index in [-0.39, 0.29) is 5.82 Å². The molecule has 5 nitrogen and oxygen atoms in total. The SMILES string of the molecule is COc1cccc(N2CCN(Cc3cnn(-c4ccc(F)cc4)c3C)CC2)c1. The third-order valence-corrected chi connectivity index (χ3v) is 5.37. The zero-order chi connectivity index (χ0) is 19.5. The second kappa shape index (κ2) is 8.02. The number of piperazine rings is 1. The van der Waals surface area contributed by atoms with Crippen molar-refractivity contribution in [2.45, 2.75) is 13.5 Å². The molecule has 1 aromatic heterocycles. The van der Waals surface area contributed by atoms with E-state index in [0.717, 1.165) is 49.9 Å². The van der Waals surface area contributed by atoms with Crippen LogP contribution in [0.25, 0.3) is 5.69 Å². The van der Waals surface area contributed by atoms with Crippen LogP contribution < -0.4 is 9.64 Å². The number of rotatable bonds is 5. The molecule has 1 fully saturated rings. The lowest BCUT2D eigenvalue weighted by Gasteiger charge is -2.36. The number of ether oxygens (including phenoxy) is 1. The van der Waals surface area contributed by atoms with Gasteiger partial charge in [-0.05, 0) is 43.3 Å². The molecule has 4 rings (SSSR count). The highest BCUT2D eigenvalue weighted by Gasteiger charge is 2.19. The van der Waals surface area contributed by atoms with E-state index >= 15 is 0 Å². The molecule has 3 aromatic rings. The maximum absolute atomic E-state index is 13.2. The fourth-order valence-electron chi connectivity index (χ4n) is 3.65. The van der Waals surface area contributed by atoms with Gasteiger partial charge in [-0.2, -0.15) is 5.10 Å². The molecule has 6 heteroatoms. The molecular weight excluding hydrogens is 355 g/mol. The number of anilines is 1. The van der Waals surface area contributed by atoms with Crippen LogP contribution >= 0.6 is 0 Å². The van der Waals surface area contributed by atoms with Gasteiger partial charge in [-0.1, -0.05) is 6.07 Å². The Morgan fingerprint density at radius 3 is 2.46 bits per heavy atom. The molecule has 0 saturated carbocycles. The first kappa shape index (κ1) is 18.5. The molecule has 0 atom stereocenters. The summed E-state index contributed by atoms with van der Waals surface area (Å²) in [5.74, 6) is 0.659. The van der Waals surface area contributed by atoms with E-state index in [1.54, 1.807) is 19.2 Å². The average Bonchev–Trinajstić information content (AvgIpc) is 3.09. The van der Waals surface area contributed by atoms with Crippen molar-refractivity contribution in [3.8, 4) is 11.4 Å². The number of nitrogens with zero attached hydrogens (tertiary/aromatic N) is 4. The smallest absolute Gasteiger partial charge is 0.123 e. The second-order valence-corrected chi connectivity index (χ2v) is 7.11. The normalized spacial score (nSPS) is 15.0. The van der Waals surface area contributed by atoms with Crippen LogP contribution in [0.5, 0.6) is 5.75 Å².